The highest BCUT2D eigenvalue weighted by molar-refractivity contribution is 5.95. The Morgan fingerprint density at radius 1 is 1.00 bits per heavy atom. The van der Waals surface area contributed by atoms with Crippen molar-refractivity contribution in [3.8, 4) is 5.75 Å². The van der Waals surface area contributed by atoms with Gasteiger partial charge in [-0.05, 0) is 61.4 Å². The minimum absolute atomic E-state index is 0.00271. The van der Waals surface area contributed by atoms with E-state index in [9.17, 15) is 18.0 Å². The highest BCUT2D eigenvalue weighted by atomic mass is 19.1. The summed E-state index contributed by atoms with van der Waals surface area (Å²) in [5.41, 5.74) is 1.07. The molecule has 0 aliphatic carbocycles. The fourth-order valence-corrected chi connectivity index (χ4v) is 4.54. The molecule has 2 atom stereocenters. The van der Waals surface area contributed by atoms with Crippen LogP contribution in [0.2, 0.25) is 0 Å². The molecule has 2 aliphatic heterocycles. The highest BCUT2D eigenvalue weighted by Gasteiger charge is 2.44. The van der Waals surface area contributed by atoms with E-state index in [1.54, 1.807) is 17.0 Å². The Morgan fingerprint density at radius 2 is 1.56 bits per heavy atom. The summed E-state index contributed by atoms with van der Waals surface area (Å²) in [6, 6.07) is 8.64. The first-order valence-corrected chi connectivity index (χ1v) is 9.09. The first kappa shape index (κ1) is 17.9. The van der Waals surface area contributed by atoms with Crippen molar-refractivity contribution in [2.75, 3.05) is 7.11 Å². The number of hydrogen-bond acceptors (Lipinski definition) is 2. The van der Waals surface area contributed by atoms with Crippen molar-refractivity contribution >= 4 is 5.91 Å². The average molecular weight is 375 g/mol. The number of amides is 1. The van der Waals surface area contributed by atoms with E-state index in [0.29, 0.717) is 0 Å². The molecule has 2 aliphatic rings. The van der Waals surface area contributed by atoms with Crippen LogP contribution < -0.4 is 4.74 Å². The molecule has 0 aromatic heterocycles. The molecule has 2 aromatic rings. The minimum Gasteiger partial charge on any atom is -0.491 e. The lowest BCUT2D eigenvalue weighted by molar-refractivity contribution is 0.0570. The second-order valence-electron chi connectivity index (χ2n) is 7.29. The second-order valence-corrected chi connectivity index (χ2v) is 7.29. The summed E-state index contributed by atoms with van der Waals surface area (Å²) in [6.45, 7) is 0. The summed E-state index contributed by atoms with van der Waals surface area (Å²) >= 11 is 0. The number of fused-ring (bicyclic) bond motifs is 2. The van der Waals surface area contributed by atoms with Gasteiger partial charge in [0.25, 0.3) is 5.91 Å². The van der Waals surface area contributed by atoms with Gasteiger partial charge in [-0.2, -0.15) is 0 Å². The van der Waals surface area contributed by atoms with Crippen LogP contribution in [0.25, 0.3) is 0 Å². The molecule has 142 valence electrons. The van der Waals surface area contributed by atoms with E-state index in [4.69, 9.17) is 0 Å². The highest BCUT2D eigenvalue weighted by Crippen LogP contribution is 2.43. The van der Waals surface area contributed by atoms with Crippen LogP contribution in [0.5, 0.6) is 5.75 Å². The number of carbonyl (C=O) groups is 1. The van der Waals surface area contributed by atoms with Gasteiger partial charge in [0, 0.05) is 17.6 Å². The zero-order valence-electron chi connectivity index (χ0n) is 14.9. The number of piperidine rings is 1. The standard InChI is InChI=1S/C21H20F3NO2/c1-27-20-18(23)10-14(11-19(20)24)21(26)25-16-6-7-17(25)9-13(8-16)12-2-4-15(22)5-3-12/h2-5,10-11,13,16-17H,6-9H2,1H3. The van der Waals surface area contributed by atoms with Gasteiger partial charge in [-0.25, -0.2) is 13.2 Å². The number of ether oxygens (including phenoxy) is 1. The SMILES string of the molecule is COc1c(F)cc(C(=O)N2C3CCC2CC(c2ccc(F)cc2)C3)cc1F. The summed E-state index contributed by atoms with van der Waals surface area (Å²) in [5.74, 6) is -2.59. The largest absolute Gasteiger partial charge is 0.491 e. The van der Waals surface area contributed by atoms with Gasteiger partial charge in [-0.15, -0.1) is 0 Å². The maximum atomic E-state index is 14.0. The number of carbonyl (C=O) groups excluding carboxylic acids is 1. The molecule has 2 heterocycles. The summed E-state index contributed by atoms with van der Waals surface area (Å²) in [7, 11) is 1.18. The summed E-state index contributed by atoms with van der Waals surface area (Å²) in [5, 5.41) is 0. The van der Waals surface area contributed by atoms with Crippen molar-refractivity contribution in [2.45, 2.75) is 43.7 Å². The number of rotatable bonds is 3. The molecular formula is C21H20F3NO2. The fraction of sp³-hybridized carbons (Fsp3) is 0.381. The van der Waals surface area contributed by atoms with Crippen LogP contribution in [0.3, 0.4) is 0 Å². The van der Waals surface area contributed by atoms with Crippen molar-refractivity contribution in [1.82, 2.24) is 4.90 Å². The van der Waals surface area contributed by atoms with Gasteiger partial charge in [0.15, 0.2) is 17.4 Å². The summed E-state index contributed by atoms with van der Waals surface area (Å²) in [6.07, 6.45) is 3.29. The minimum atomic E-state index is -0.880. The first-order chi connectivity index (χ1) is 13.0. The molecule has 27 heavy (non-hydrogen) atoms. The zero-order valence-corrected chi connectivity index (χ0v) is 14.9. The van der Waals surface area contributed by atoms with Gasteiger partial charge in [0.2, 0.25) is 0 Å². The van der Waals surface area contributed by atoms with Crippen LogP contribution in [-0.4, -0.2) is 30.0 Å². The molecule has 2 fully saturated rings. The maximum absolute atomic E-state index is 14.0. The molecule has 4 rings (SSSR count). The molecule has 0 N–H and O–H groups in total. The molecule has 3 nitrogen and oxygen atoms in total. The molecule has 0 radical (unpaired) electrons. The monoisotopic (exact) mass is 375 g/mol. The van der Waals surface area contributed by atoms with E-state index in [1.165, 1.54) is 19.2 Å². The Morgan fingerprint density at radius 3 is 2.07 bits per heavy atom. The predicted molar refractivity (Wildman–Crippen MR) is 94.3 cm³/mol. The van der Waals surface area contributed by atoms with Crippen molar-refractivity contribution in [2.24, 2.45) is 0 Å². The summed E-state index contributed by atoms with van der Waals surface area (Å²) in [4.78, 5) is 14.7. The Bertz CT molecular complexity index is 831. The lowest BCUT2D eigenvalue weighted by Gasteiger charge is -2.39. The Kier molecular flexibility index (Phi) is 4.58. The lowest BCUT2D eigenvalue weighted by Crippen LogP contribution is -2.46. The smallest absolute Gasteiger partial charge is 0.254 e. The molecule has 2 unspecified atom stereocenters. The third-order valence-corrected chi connectivity index (χ3v) is 5.76. The van der Waals surface area contributed by atoms with E-state index < -0.39 is 17.4 Å². The van der Waals surface area contributed by atoms with Crippen LogP contribution in [0.1, 0.15) is 47.5 Å². The van der Waals surface area contributed by atoms with Crippen LogP contribution in [-0.2, 0) is 0 Å². The second kappa shape index (κ2) is 6.91. The molecule has 6 heteroatoms. The number of halogens is 3. The Hall–Kier alpha value is -2.50. The van der Waals surface area contributed by atoms with Crippen molar-refractivity contribution in [3.05, 3.63) is 65.0 Å². The van der Waals surface area contributed by atoms with Crippen LogP contribution in [0.15, 0.2) is 36.4 Å². The molecule has 0 saturated carbocycles. The van der Waals surface area contributed by atoms with E-state index >= 15 is 0 Å². The van der Waals surface area contributed by atoms with Crippen LogP contribution >= 0.6 is 0 Å². The third-order valence-electron chi connectivity index (χ3n) is 5.76. The quantitative estimate of drug-likeness (QED) is 0.781. The normalized spacial score (nSPS) is 24.1. The molecule has 2 aromatic carbocycles. The number of hydrogen-bond donors (Lipinski definition) is 0. The molecule has 2 bridgehead atoms. The van der Waals surface area contributed by atoms with Gasteiger partial charge >= 0.3 is 0 Å². The lowest BCUT2D eigenvalue weighted by atomic mass is 9.85. The van der Waals surface area contributed by atoms with Crippen LogP contribution in [0.4, 0.5) is 13.2 Å². The Balaban J connectivity index is 1.56. The molecule has 1 amide bonds. The maximum Gasteiger partial charge on any atom is 0.254 e. The van der Waals surface area contributed by atoms with Crippen molar-refractivity contribution in [1.29, 1.82) is 0 Å². The van der Waals surface area contributed by atoms with Gasteiger partial charge in [-0.3, -0.25) is 4.79 Å². The van der Waals surface area contributed by atoms with E-state index in [1.807, 2.05) is 0 Å². The van der Waals surface area contributed by atoms with Crippen molar-refractivity contribution in [3.63, 3.8) is 0 Å². The summed E-state index contributed by atoms with van der Waals surface area (Å²) < 4.78 is 45.8. The number of nitrogens with zero attached hydrogens (tertiary/aromatic N) is 1. The van der Waals surface area contributed by atoms with E-state index in [-0.39, 0.29) is 35.3 Å². The molecule has 0 spiro atoms. The van der Waals surface area contributed by atoms with E-state index in [2.05, 4.69) is 4.74 Å². The van der Waals surface area contributed by atoms with Gasteiger partial charge in [-0.1, -0.05) is 12.1 Å². The van der Waals surface area contributed by atoms with Gasteiger partial charge < -0.3 is 9.64 Å². The number of methoxy groups -OCH3 is 1. The van der Waals surface area contributed by atoms with Crippen molar-refractivity contribution < 1.29 is 22.7 Å². The van der Waals surface area contributed by atoms with E-state index in [0.717, 1.165) is 43.4 Å². The number of benzene rings is 2. The van der Waals surface area contributed by atoms with Crippen LogP contribution in [0, 0.1) is 17.5 Å². The van der Waals surface area contributed by atoms with Gasteiger partial charge in [0.1, 0.15) is 5.82 Å². The third kappa shape index (κ3) is 3.17. The zero-order chi connectivity index (χ0) is 19.1. The fourth-order valence-electron chi connectivity index (χ4n) is 4.54. The topological polar surface area (TPSA) is 29.5 Å². The molecule has 2 saturated heterocycles. The predicted octanol–water partition coefficient (Wildman–Crippen LogP) is 4.66. The molecular weight excluding hydrogens is 355 g/mol. The first-order valence-electron chi connectivity index (χ1n) is 9.09. The average Bonchev–Trinajstić information content (AvgIpc) is 2.91. The van der Waals surface area contributed by atoms with Gasteiger partial charge in [0.05, 0.1) is 7.11 Å². The Labute approximate surface area is 155 Å².